The highest BCUT2D eigenvalue weighted by atomic mass is 35.5. The number of rotatable bonds is 7. The molecule has 158 valence electrons. The number of benzene rings is 2. The molecule has 2 N–H and O–H groups in total. The molecule has 4 amide bonds. The number of hydrogen-bond donors (Lipinski definition) is 2. The van der Waals surface area contributed by atoms with E-state index in [1.54, 1.807) is 37.4 Å². The van der Waals surface area contributed by atoms with Gasteiger partial charge in [-0.15, -0.1) is 0 Å². The second-order valence-electron chi connectivity index (χ2n) is 7.38. The van der Waals surface area contributed by atoms with E-state index in [9.17, 15) is 14.4 Å². The van der Waals surface area contributed by atoms with Gasteiger partial charge >= 0.3 is 6.03 Å². The molecular formula is C22H25ClN4O3. The minimum absolute atomic E-state index is 0.00476. The Bertz CT molecular complexity index is 952. The van der Waals surface area contributed by atoms with Crippen molar-refractivity contribution < 1.29 is 14.4 Å². The fourth-order valence-corrected chi connectivity index (χ4v) is 3.78. The summed E-state index contributed by atoms with van der Waals surface area (Å²) < 4.78 is 0. The largest absolute Gasteiger partial charge is 0.344 e. The van der Waals surface area contributed by atoms with Gasteiger partial charge in [-0.25, -0.2) is 4.79 Å². The van der Waals surface area contributed by atoms with Crippen molar-refractivity contribution in [1.82, 2.24) is 20.7 Å². The van der Waals surface area contributed by atoms with Crippen LogP contribution in [0.3, 0.4) is 0 Å². The molecule has 3 rings (SSSR count). The maximum Gasteiger partial charge on any atom is 0.344 e. The van der Waals surface area contributed by atoms with Crippen LogP contribution in [0.15, 0.2) is 54.6 Å². The van der Waals surface area contributed by atoms with Gasteiger partial charge < -0.3 is 5.32 Å². The lowest BCUT2D eigenvalue weighted by atomic mass is 9.87. The number of halogens is 1. The Kier molecular flexibility index (Phi) is 6.43. The van der Waals surface area contributed by atoms with Gasteiger partial charge in [0.25, 0.3) is 11.8 Å². The third-order valence-corrected chi connectivity index (χ3v) is 5.75. The molecule has 0 radical (unpaired) electrons. The highest BCUT2D eigenvalue weighted by Crippen LogP contribution is 2.31. The Morgan fingerprint density at radius 1 is 1.20 bits per heavy atom. The van der Waals surface area contributed by atoms with Crippen LogP contribution in [0.4, 0.5) is 4.79 Å². The van der Waals surface area contributed by atoms with E-state index in [1.807, 2.05) is 43.0 Å². The van der Waals surface area contributed by atoms with Crippen LogP contribution in [-0.4, -0.2) is 41.3 Å². The maximum absolute atomic E-state index is 13.1. The Hall–Kier alpha value is -2.90. The summed E-state index contributed by atoms with van der Waals surface area (Å²) in [6.45, 7) is 3.76. The summed E-state index contributed by atoms with van der Waals surface area (Å²) in [6, 6.07) is 15.7. The third kappa shape index (κ3) is 4.17. The Morgan fingerprint density at radius 3 is 2.53 bits per heavy atom. The number of urea groups is 1. The van der Waals surface area contributed by atoms with Crippen LogP contribution in [0, 0.1) is 0 Å². The normalized spacial score (nSPS) is 19.7. The standard InChI is InChI=1S/C22H25ClN4O3/c1-4-22(17-10-6-5-7-11-17)20(29)27(21(30)24-22)25-19(28)14-26(3)15(2)16-9-8-12-18(23)13-16/h5-13,15H,4,14H2,1-3H3,(H,24,30)(H,25,28). The molecule has 1 fully saturated rings. The average Bonchev–Trinajstić information content (AvgIpc) is 2.98. The first kappa shape index (κ1) is 21.8. The number of hydrazine groups is 1. The minimum Gasteiger partial charge on any atom is -0.318 e. The number of carbonyl (C=O) groups excluding carboxylic acids is 3. The van der Waals surface area contributed by atoms with Crippen LogP contribution in [0.2, 0.25) is 5.02 Å². The lowest BCUT2D eigenvalue weighted by Gasteiger charge is -2.27. The molecule has 1 aliphatic heterocycles. The summed E-state index contributed by atoms with van der Waals surface area (Å²) in [4.78, 5) is 40.0. The Labute approximate surface area is 181 Å². The van der Waals surface area contributed by atoms with Crippen molar-refractivity contribution in [3.63, 3.8) is 0 Å². The summed E-state index contributed by atoms with van der Waals surface area (Å²) in [5, 5.41) is 4.13. The summed E-state index contributed by atoms with van der Waals surface area (Å²) in [5.74, 6) is -0.963. The first-order chi connectivity index (χ1) is 14.3. The van der Waals surface area contributed by atoms with Crippen LogP contribution in [0.25, 0.3) is 0 Å². The summed E-state index contributed by atoms with van der Waals surface area (Å²) in [7, 11) is 1.79. The van der Waals surface area contributed by atoms with E-state index in [1.165, 1.54) is 0 Å². The molecule has 1 aliphatic rings. The second-order valence-corrected chi connectivity index (χ2v) is 7.81. The quantitative estimate of drug-likeness (QED) is 0.663. The SMILES string of the molecule is CCC1(c2ccccc2)NC(=O)N(NC(=O)CN(C)C(C)c2cccc(Cl)c2)C1=O. The molecule has 2 unspecified atom stereocenters. The van der Waals surface area contributed by atoms with Gasteiger partial charge in [-0.3, -0.25) is 19.9 Å². The van der Waals surface area contributed by atoms with Crippen molar-refractivity contribution in [3.8, 4) is 0 Å². The van der Waals surface area contributed by atoms with Crippen molar-refractivity contribution in [1.29, 1.82) is 0 Å². The Balaban J connectivity index is 1.69. The van der Waals surface area contributed by atoms with E-state index >= 15 is 0 Å². The van der Waals surface area contributed by atoms with Gasteiger partial charge in [0.05, 0.1) is 6.54 Å². The molecule has 1 saturated heterocycles. The molecule has 2 aromatic rings. The van der Waals surface area contributed by atoms with Crippen LogP contribution < -0.4 is 10.7 Å². The van der Waals surface area contributed by atoms with E-state index in [0.717, 1.165) is 10.6 Å². The molecule has 0 bridgehead atoms. The molecule has 2 aromatic carbocycles. The monoisotopic (exact) mass is 428 g/mol. The van der Waals surface area contributed by atoms with Crippen LogP contribution in [-0.2, 0) is 15.1 Å². The molecule has 30 heavy (non-hydrogen) atoms. The number of likely N-dealkylation sites (N-methyl/N-ethyl adjacent to an activating group) is 1. The van der Waals surface area contributed by atoms with E-state index in [-0.39, 0.29) is 12.6 Å². The zero-order valence-electron chi connectivity index (χ0n) is 17.2. The van der Waals surface area contributed by atoms with E-state index in [2.05, 4.69) is 10.7 Å². The van der Waals surface area contributed by atoms with Gasteiger partial charge in [-0.2, -0.15) is 5.01 Å². The van der Waals surface area contributed by atoms with Crippen molar-refractivity contribution in [2.24, 2.45) is 0 Å². The van der Waals surface area contributed by atoms with Crippen LogP contribution >= 0.6 is 11.6 Å². The minimum atomic E-state index is -1.19. The zero-order valence-corrected chi connectivity index (χ0v) is 17.9. The molecule has 7 nitrogen and oxygen atoms in total. The zero-order chi connectivity index (χ0) is 21.9. The highest BCUT2D eigenvalue weighted by molar-refractivity contribution is 6.30. The van der Waals surface area contributed by atoms with Gasteiger partial charge in [0.15, 0.2) is 0 Å². The first-order valence-electron chi connectivity index (χ1n) is 9.76. The summed E-state index contributed by atoms with van der Waals surface area (Å²) in [5.41, 5.74) is 2.90. The molecule has 0 saturated carbocycles. The lowest BCUT2D eigenvalue weighted by molar-refractivity contribution is -0.139. The topological polar surface area (TPSA) is 81.8 Å². The van der Waals surface area contributed by atoms with Crippen LogP contribution in [0.1, 0.15) is 37.4 Å². The molecule has 8 heteroatoms. The van der Waals surface area contributed by atoms with Gasteiger partial charge in [0.1, 0.15) is 5.54 Å². The predicted octanol–water partition coefficient (Wildman–Crippen LogP) is 3.22. The van der Waals surface area contributed by atoms with Crippen molar-refractivity contribution >= 4 is 29.4 Å². The van der Waals surface area contributed by atoms with E-state index in [0.29, 0.717) is 17.0 Å². The summed E-state index contributed by atoms with van der Waals surface area (Å²) in [6.07, 6.45) is 0.361. The van der Waals surface area contributed by atoms with Crippen molar-refractivity contribution in [3.05, 3.63) is 70.7 Å². The lowest BCUT2D eigenvalue weighted by Crippen LogP contribution is -2.50. The number of nitrogens with one attached hydrogen (secondary N) is 2. The van der Waals surface area contributed by atoms with Crippen LogP contribution in [0.5, 0.6) is 0 Å². The summed E-state index contributed by atoms with van der Waals surface area (Å²) >= 11 is 6.05. The fraction of sp³-hybridized carbons (Fsp3) is 0.318. The highest BCUT2D eigenvalue weighted by Gasteiger charge is 2.52. The second kappa shape index (κ2) is 8.85. The molecule has 0 spiro atoms. The first-order valence-corrected chi connectivity index (χ1v) is 10.1. The van der Waals surface area contributed by atoms with E-state index in [4.69, 9.17) is 11.6 Å². The number of carbonyl (C=O) groups is 3. The number of nitrogens with zero attached hydrogens (tertiary/aromatic N) is 2. The average molecular weight is 429 g/mol. The maximum atomic E-state index is 13.1. The predicted molar refractivity (Wildman–Crippen MR) is 114 cm³/mol. The van der Waals surface area contributed by atoms with Gasteiger partial charge in [-0.05, 0) is 43.7 Å². The molecule has 2 atom stereocenters. The fourth-order valence-electron chi connectivity index (χ4n) is 3.58. The van der Waals surface area contributed by atoms with Gasteiger partial charge in [0.2, 0.25) is 0 Å². The number of imide groups is 1. The van der Waals surface area contributed by atoms with Gasteiger partial charge in [0, 0.05) is 11.1 Å². The number of amides is 4. The van der Waals surface area contributed by atoms with Crippen molar-refractivity contribution in [2.75, 3.05) is 13.6 Å². The molecule has 1 heterocycles. The third-order valence-electron chi connectivity index (χ3n) is 5.51. The smallest absolute Gasteiger partial charge is 0.318 e. The molecule has 0 aliphatic carbocycles. The van der Waals surface area contributed by atoms with Gasteiger partial charge in [-0.1, -0.05) is 61.0 Å². The number of hydrogen-bond acceptors (Lipinski definition) is 4. The van der Waals surface area contributed by atoms with Crippen molar-refractivity contribution in [2.45, 2.75) is 31.8 Å². The molecular weight excluding hydrogens is 404 g/mol. The Morgan fingerprint density at radius 2 is 1.90 bits per heavy atom. The molecule has 0 aromatic heterocycles. The van der Waals surface area contributed by atoms with E-state index < -0.39 is 23.4 Å².